The maximum Gasteiger partial charge on any atom is 0.306 e. The van der Waals surface area contributed by atoms with E-state index in [4.69, 9.17) is 4.74 Å². The number of unbranched alkanes of at least 4 members (excludes halogenated alkanes) is 12. The Morgan fingerprint density at radius 1 is 0.909 bits per heavy atom. The summed E-state index contributed by atoms with van der Waals surface area (Å²) in [4.78, 5) is 12.6. The molecule has 2 aliphatic carbocycles. The Morgan fingerprint density at radius 2 is 1.45 bits per heavy atom. The molecule has 0 aliphatic heterocycles. The fraction of sp³-hybridized carbons (Fsp3) is 0.903. The zero-order valence-electron chi connectivity index (χ0n) is 23.0. The van der Waals surface area contributed by atoms with Crippen LogP contribution in [0.15, 0.2) is 11.1 Å². The maximum atomic E-state index is 12.6. The van der Waals surface area contributed by atoms with Gasteiger partial charge in [-0.1, -0.05) is 102 Å². The van der Waals surface area contributed by atoms with Crippen molar-refractivity contribution < 1.29 is 9.53 Å². The quantitative estimate of drug-likeness (QED) is 0.130. The molecule has 0 saturated heterocycles. The van der Waals surface area contributed by atoms with Crippen molar-refractivity contribution in [1.29, 1.82) is 0 Å². The van der Waals surface area contributed by atoms with Gasteiger partial charge < -0.3 is 4.74 Å². The molecule has 1 fully saturated rings. The molecule has 1 saturated carbocycles. The molecule has 192 valence electrons. The summed E-state index contributed by atoms with van der Waals surface area (Å²) in [6.45, 7) is 11.4. The molecule has 0 spiro atoms. The molecule has 2 heteroatoms. The number of rotatable bonds is 16. The average Bonchev–Trinajstić information content (AvgIpc) is 2.76. The van der Waals surface area contributed by atoms with Crippen molar-refractivity contribution in [3.63, 3.8) is 0 Å². The van der Waals surface area contributed by atoms with Gasteiger partial charge in [0, 0.05) is 12.3 Å². The second-order valence-electron chi connectivity index (χ2n) is 12.2. The first-order chi connectivity index (χ1) is 15.8. The highest BCUT2D eigenvalue weighted by Crippen LogP contribution is 2.53. The number of carbonyl (C=O) groups excluding carboxylic acids is 1. The Kier molecular flexibility index (Phi) is 12.6. The second kappa shape index (κ2) is 14.6. The zero-order valence-corrected chi connectivity index (χ0v) is 23.0. The van der Waals surface area contributed by atoms with E-state index in [0.717, 1.165) is 12.8 Å². The standard InChI is InChI=1S/C31H56O2/c1-6-7-8-9-10-11-12-13-14-15-16-17-18-21-29(32)33-30(3,4)27-22-24-31(5)23-19-20-26(2)28(31)25-27/h27H,6-25H2,1-5H3/t27-,31+/m1/s1. The van der Waals surface area contributed by atoms with E-state index in [1.165, 1.54) is 109 Å². The van der Waals surface area contributed by atoms with E-state index in [-0.39, 0.29) is 11.6 Å². The van der Waals surface area contributed by atoms with Crippen molar-refractivity contribution in [2.75, 3.05) is 0 Å². The van der Waals surface area contributed by atoms with Crippen LogP contribution < -0.4 is 0 Å². The first-order valence-electron chi connectivity index (χ1n) is 14.7. The lowest BCUT2D eigenvalue weighted by Crippen LogP contribution is -2.42. The fourth-order valence-electron chi connectivity index (χ4n) is 6.41. The molecule has 2 atom stereocenters. The van der Waals surface area contributed by atoms with Crippen molar-refractivity contribution in [3.05, 3.63) is 11.1 Å². The van der Waals surface area contributed by atoms with Gasteiger partial charge in [0.25, 0.3) is 0 Å². The molecule has 2 nitrogen and oxygen atoms in total. The Hall–Kier alpha value is -0.790. The molecule has 2 aliphatic rings. The molecule has 0 radical (unpaired) electrons. The summed E-state index contributed by atoms with van der Waals surface area (Å²) >= 11 is 0. The third kappa shape index (κ3) is 9.77. The molecule has 0 aromatic heterocycles. The van der Waals surface area contributed by atoms with Crippen LogP contribution in [0.1, 0.15) is 163 Å². The second-order valence-corrected chi connectivity index (χ2v) is 12.2. The summed E-state index contributed by atoms with van der Waals surface area (Å²) in [7, 11) is 0. The largest absolute Gasteiger partial charge is 0.459 e. The summed E-state index contributed by atoms with van der Waals surface area (Å²) < 4.78 is 6.07. The average molecular weight is 461 g/mol. The minimum Gasteiger partial charge on any atom is -0.459 e. The van der Waals surface area contributed by atoms with Crippen LogP contribution in [0.3, 0.4) is 0 Å². The molecule has 2 rings (SSSR count). The van der Waals surface area contributed by atoms with Crippen molar-refractivity contribution >= 4 is 5.97 Å². The zero-order chi connectivity index (χ0) is 24.2. The van der Waals surface area contributed by atoms with Gasteiger partial charge in [0.15, 0.2) is 0 Å². The van der Waals surface area contributed by atoms with Crippen LogP contribution >= 0.6 is 0 Å². The molecule has 0 aromatic rings. The highest BCUT2D eigenvalue weighted by Gasteiger charge is 2.43. The summed E-state index contributed by atoms with van der Waals surface area (Å²) in [5, 5.41) is 0. The lowest BCUT2D eigenvalue weighted by molar-refractivity contribution is -0.163. The minimum atomic E-state index is -0.348. The van der Waals surface area contributed by atoms with Gasteiger partial charge >= 0.3 is 5.97 Å². The molecule has 0 aromatic carbocycles. The van der Waals surface area contributed by atoms with Crippen LogP contribution in [0.4, 0.5) is 0 Å². The Morgan fingerprint density at radius 3 is 2.03 bits per heavy atom. The molecule has 0 bridgehead atoms. The lowest BCUT2D eigenvalue weighted by Gasteiger charge is -2.47. The Bertz CT molecular complexity index is 602. The van der Waals surface area contributed by atoms with Gasteiger partial charge in [-0.2, -0.15) is 0 Å². The molecule has 0 amide bonds. The molecule has 0 N–H and O–H groups in total. The maximum absolute atomic E-state index is 12.6. The van der Waals surface area contributed by atoms with E-state index in [1.807, 2.05) is 0 Å². The number of ether oxygens (including phenoxy) is 1. The van der Waals surface area contributed by atoms with Crippen molar-refractivity contribution in [2.45, 2.75) is 169 Å². The Labute approximate surface area is 206 Å². The summed E-state index contributed by atoms with van der Waals surface area (Å²) in [5.74, 6) is 0.481. The van der Waals surface area contributed by atoms with Gasteiger partial charge in [0.1, 0.15) is 5.60 Å². The van der Waals surface area contributed by atoms with Gasteiger partial charge in [-0.3, -0.25) is 4.79 Å². The van der Waals surface area contributed by atoms with E-state index >= 15 is 0 Å². The first-order valence-corrected chi connectivity index (χ1v) is 14.7. The highest BCUT2D eigenvalue weighted by atomic mass is 16.6. The monoisotopic (exact) mass is 460 g/mol. The van der Waals surface area contributed by atoms with Crippen LogP contribution in [0.2, 0.25) is 0 Å². The number of hydrogen-bond donors (Lipinski definition) is 0. The number of esters is 1. The predicted molar refractivity (Wildman–Crippen MR) is 142 cm³/mol. The van der Waals surface area contributed by atoms with E-state index < -0.39 is 0 Å². The lowest BCUT2D eigenvalue weighted by atomic mass is 9.59. The van der Waals surface area contributed by atoms with Crippen LogP contribution in [-0.4, -0.2) is 11.6 Å². The topological polar surface area (TPSA) is 26.3 Å². The van der Waals surface area contributed by atoms with Gasteiger partial charge in [-0.25, -0.2) is 0 Å². The molecular weight excluding hydrogens is 404 g/mol. The predicted octanol–water partition coefficient (Wildman–Crippen LogP) is 10.1. The van der Waals surface area contributed by atoms with Crippen LogP contribution in [-0.2, 0) is 9.53 Å². The van der Waals surface area contributed by atoms with Gasteiger partial charge in [-0.15, -0.1) is 0 Å². The van der Waals surface area contributed by atoms with Crippen LogP contribution in [0.5, 0.6) is 0 Å². The van der Waals surface area contributed by atoms with E-state index in [9.17, 15) is 4.79 Å². The molecule has 33 heavy (non-hydrogen) atoms. The third-order valence-corrected chi connectivity index (χ3v) is 8.86. The van der Waals surface area contributed by atoms with E-state index in [1.54, 1.807) is 11.1 Å². The number of allylic oxidation sites excluding steroid dienone is 2. The Balaban J connectivity index is 1.54. The van der Waals surface area contributed by atoms with E-state index in [2.05, 4.69) is 34.6 Å². The normalized spacial score (nSPS) is 23.5. The van der Waals surface area contributed by atoms with Crippen LogP contribution in [0, 0.1) is 11.3 Å². The van der Waals surface area contributed by atoms with Gasteiger partial charge in [0.05, 0.1) is 0 Å². The molecule has 0 unspecified atom stereocenters. The summed E-state index contributed by atoms with van der Waals surface area (Å²) in [5.41, 5.74) is 3.36. The van der Waals surface area contributed by atoms with Gasteiger partial charge in [0.2, 0.25) is 0 Å². The van der Waals surface area contributed by atoms with Gasteiger partial charge in [-0.05, 0) is 71.1 Å². The fourth-order valence-corrected chi connectivity index (χ4v) is 6.41. The molecular formula is C31H56O2. The van der Waals surface area contributed by atoms with Crippen molar-refractivity contribution in [1.82, 2.24) is 0 Å². The number of fused-ring (bicyclic) bond motifs is 1. The SMILES string of the molecule is CCCCCCCCCCCCCCCC(=O)OC(C)(C)[C@@H]1CC[C@]2(C)CCCC(C)=C2C1. The number of hydrogen-bond acceptors (Lipinski definition) is 2. The minimum absolute atomic E-state index is 0.0192. The van der Waals surface area contributed by atoms with E-state index in [0.29, 0.717) is 17.8 Å². The number of carbonyl (C=O) groups is 1. The first kappa shape index (κ1) is 28.4. The van der Waals surface area contributed by atoms with Crippen LogP contribution in [0.25, 0.3) is 0 Å². The van der Waals surface area contributed by atoms with Crippen molar-refractivity contribution in [2.24, 2.45) is 11.3 Å². The highest BCUT2D eigenvalue weighted by molar-refractivity contribution is 5.69. The smallest absolute Gasteiger partial charge is 0.306 e. The summed E-state index contributed by atoms with van der Waals surface area (Å²) in [6, 6.07) is 0. The van der Waals surface area contributed by atoms with Crippen molar-refractivity contribution in [3.8, 4) is 0 Å². The molecule has 0 heterocycles. The summed E-state index contributed by atoms with van der Waals surface area (Å²) in [6.07, 6.45) is 25.4. The third-order valence-electron chi connectivity index (χ3n) is 8.86.